The Balaban J connectivity index is 2.14. The van der Waals surface area contributed by atoms with Crippen LogP contribution in [0.5, 0.6) is 11.5 Å². The van der Waals surface area contributed by atoms with Gasteiger partial charge in [0.2, 0.25) is 5.91 Å². The molecule has 2 N–H and O–H groups in total. The summed E-state index contributed by atoms with van der Waals surface area (Å²) in [6.45, 7) is -0.0749. The Hall–Kier alpha value is -3.31. The smallest absolute Gasteiger partial charge is 0.406 e. The predicted molar refractivity (Wildman–Crippen MR) is 120 cm³/mol. The Bertz CT molecular complexity index is 1030. The van der Waals surface area contributed by atoms with E-state index in [4.69, 9.17) is 19.0 Å². The number of hydrogen-bond acceptors (Lipinski definition) is 8. The number of benzene rings is 2. The van der Waals surface area contributed by atoms with Crippen LogP contribution in [0.4, 0.5) is 4.79 Å². The Morgan fingerprint density at radius 1 is 1.00 bits per heavy atom. The van der Waals surface area contributed by atoms with E-state index in [1.807, 2.05) is 30.3 Å². The first-order chi connectivity index (χ1) is 15.8. The van der Waals surface area contributed by atoms with Gasteiger partial charge in [-0.3, -0.25) is 9.63 Å². The molecule has 2 amide bonds. The fraction of sp³-hybridized carbons (Fsp3) is 0.364. The second kappa shape index (κ2) is 12.7. The second-order valence-corrected chi connectivity index (χ2v) is 9.09. The molecule has 1 atom stereocenters. The summed E-state index contributed by atoms with van der Waals surface area (Å²) in [7, 11) is 0.212. The maximum absolute atomic E-state index is 13.3. The minimum absolute atomic E-state index is 0.0527. The quantitative estimate of drug-likeness (QED) is 0.443. The van der Waals surface area contributed by atoms with E-state index >= 15 is 0 Å². The number of carbonyl (C=O) groups excluding carboxylic acids is 2. The second-order valence-electron chi connectivity index (χ2n) is 6.86. The first kappa shape index (κ1) is 25.9. The van der Waals surface area contributed by atoms with Gasteiger partial charge in [0.05, 0.1) is 37.6 Å². The summed E-state index contributed by atoms with van der Waals surface area (Å²) in [5, 5.41) is 1.10. The van der Waals surface area contributed by atoms with E-state index in [2.05, 4.69) is 10.8 Å². The normalized spacial score (nSPS) is 11.8. The molecule has 0 aromatic heterocycles. The third-order valence-electron chi connectivity index (χ3n) is 4.68. The number of methoxy groups -OCH3 is 2. The summed E-state index contributed by atoms with van der Waals surface area (Å²) in [4.78, 5) is 28.9. The summed E-state index contributed by atoms with van der Waals surface area (Å²) >= 11 is 0. The summed E-state index contributed by atoms with van der Waals surface area (Å²) in [5.41, 5.74) is 3.11. The third kappa shape index (κ3) is 7.65. The van der Waals surface area contributed by atoms with Gasteiger partial charge in [0.15, 0.2) is 21.3 Å². The fourth-order valence-corrected chi connectivity index (χ4v) is 4.62. The molecule has 33 heavy (non-hydrogen) atoms. The van der Waals surface area contributed by atoms with Gasteiger partial charge < -0.3 is 19.5 Å². The van der Waals surface area contributed by atoms with Crippen molar-refractivity contribution in [2.24, 2.45) is 0 Å². The Morgan fingerprint density at radius 3 is 2.33 bits per heavy atom. The van der Waals surface area contributed by atoms with Crippen LogP contribution in [0, 0.1) is 0 Å². The lowest BCUT2D eigenvalue weighted by Gasteiger charge is -2.18. The lowest BCUT2D eigenvalue weighted by molar-refractivity contribution is -0.134. The highest BCUT2D eigenvalue weighted by Gasteiger charge is 2.31. The fourth-order valence-electron chi connectivity index (χ4n) is 2.93. The van der Waals surface area contributed by atoms with Crippen LogP contribution in [-0.4, -0.2) is 53.5 Å². The SMILES string of the molecule is CNC(=O)OCCC(CC(=O)NOCc1ccccc1)S(=O)(=O)c1ccc(OC)c(OC)c1. The zero-order chi connectivity index (χ0) is 24.3. The average Bonchev–Trinajstić information content (AvgIpc) is 2.83. The van der Waals surface area contributed by atoms with Crippen molar-refractivity contribution >= 4 is 21.8 Å². The Kier molecular flexibility index (Phi) is 9.95. The highest BCUT2D eigenvalue weighted by Crippen LogP contribution is 2.32. The van der Waals surface area contributed by atoms with Crippen LogP contribution in [-0.2, 0) is 30.8 Å². The van der Waals surface area contributed by atoms with Crippen molar-refractivity contribution in [1.29, 1.82) is 0 Å². The highest BCUT2D eigenvalue weighted by atomic mass is 32.2. The maximum Gasteiger partial charge on any atom is 0.406 e. The molecular formula is C22H28N2O8S. The van der Waals surface area contributed by atoms with Gasteiger partial charge >= 0.3 is 6.09 Å². The first-order valence-corrected chi connectivity index (χ1v) is 11.6. The lowest BCUT2D eigenvalue weighted by Crippen LogP contribution is -2.33. The number of sulfone groups is 1. The molecule has 2 aromatic rings. The minimum atomic E-state index is -4.00. The number of nitrogens with one attached hydrogen (secondary N) is 2. The van der Waals surface area contributed by atoms with Crippen LogP contribution in [0.3, 0.4) is 0 Å². The zero-order valence-electron chi connectivity index (χ0n) is 18.7. The molecule has 0 bridgehead atoms. The molecule has 2 rings (SSSR count). The van der Waals surface area contributed by atoms with Crippen LogP contribution < -0.4 is 20.3 Å². The van der Waals surface area contributed by atoms with Crippen molar-refractivity contribution in [3.8, 4) is 11.5 Å². The molecule has 0 saturated carbocycles. The highest BCUT2D eigenvalue weighted by molar-refractivity contribution is 7.92. The van der Waals surface area contributed by atoms with Gasteiger partial charge in [0, 0.05) is 19.5 Å². The number of rotatable bonds is 12. The molecule has 0 heterocycles. The molecule has 0 aliphatic rings. The molecular weight excluding hydrogens is 452 g/mol. The van der Waals surface area contributed by atoms with E-state index in [-0.39, 0.29) is 30.3 Å². The Morgan fingerprint density at radius 2 is 1.70 bits per heavy atom. The molecule has 11 heteroatoms. The molecule has 0 radical (unpaired) electrons. The van der Waals surface area contributed by atoms with Crippen molar-refractivity contribution < 1.29 is 37.1 Å². The standard InChI is InChI=1S/C22H28N2O8S/c1-23-22(26)31-12-11-18(14-21(25)24-32-15-16-7-5-4-6-8-16)33(27,28)17-9-10-19(29-2)20(13-17)30-3/h4-10,13,18H,11-12,14-15H2,1-3H3,(H,23,26)(H,24,25). The van der Waals surface area contributed by atoms with Crippen molar-refractivity contribution in [1.82, 2.24) is 10.8 Å². The minimum Gasteiger partial charge on any atom is -0.493 e. The number of alkyl carbamates (subject to hydrolysis) is 1. The van der Waals surface area contributed by atoms with Crippen molar-refractivity contribution in [3.05, 3.63) is 54.1 Å². The molecule has 10 nitrogen and oxygen atoms in total. The maximum atomic E-state index is 13.3. The van der Waals surface area contributed by atoms with E-state index in [0.29, 0.717) is 5.75 Å². The van der Waals surface area contributed by atoms with Crippen LogP contribution in [0.1, 0.15) is 18.4 Å². The van der Waals surface area contributed by atoms with Gasteiger partial charge in [-0.25, -0.2) is 18.7 Å². The van der Waals surface area contributed by atoms with Gasteiger partial charge in [-0.1, -0.05) is 30.3 Å². The number of ether oxygens (including phenoxy) is 3. The van der Waals surface area contributed by atoms with Gasteiger partial charge in [0.1, 0.15) is 0 Å². The number of hydroxylamine groups is 1. The average molecular weight is 481 g/mol. The van der Waals surface area contributed by atoms with Crippen molar-refractivity contribution in [2.45, 2.75) is 29.6 Å². The molecule has 0 fully saturated rings. The number of amides is 2. The van der Waals surface area contributed by atoms with Crippen LogP contribution >= 0.6 is 0 Å². The summed E-state index contributed by atoms with van der Waals surface area (Å²) in [5.74, 6) is -0.0301. The molecule has 0 saturated heterocycles. The van der Waals surface area contributed by atoms with Gasteiger partial charge in [-0.05, 0) is 24.1 Å². The predicted octanol–water partition coefficient (Wildman–Crippen LogP) is 2.23. The van der Waals surface area contributed by atoms with E-state index in [1.54, 1.807) is 0 Å². The summed E-state index contributed by atoms with van der Waals surface area (Å²) in [6, 6.07) is 13.3. The Labute approximate surface area is 193 Å². The van der Waals surface area contributed by atoms with Crippen LogP contribution in [0.25, 0.3) is 0 Å². The number of hydrogen-bond donors (Lipinski definition) is 2. The monoisotopic (exact) mass is 480 g/mol. The van der Waals surface area contributed by atoms with Gasteiger partial charge in [0.25, 0.3) is 0 Å². The van der Waals surface area contributed by atoms with Crippen LogP contribution in [0.15, 0.2) is 53.4 Å². The molecule has 2 aromatic carbocycles. The summed E-state index contributed by atoms with van der Waals surface area (Å²) < 4.78 is 41.9. The first-order valence-electron chi connectivity index (χ1n) is 10.1. The largest absolute Gasteiger partial charge is 0.493 e. The lowest BCUT2D eigenvalue weighted by atomic mass is 10.2. The molecule has 0 spiro atoms. The van der Waals surface area contributed by atoms with Crippen molar-refractivity contribution in [3.63, 3.8) is 0 Å². The molecule has 180 valence electrons. The third-order valence-corrected chi connectivity index (χ3v) is 6.87. The van der Waals surface area contributed by atoms with Crippen molar-refractivity contribution in [2.75, 3.05) is 27.9 Å². The molecule has 0 aliphatic heterocycles. The molecule has 0 aliphatic carbocycles. The topological polar surface area (TPSA) is 129 Å². The van der Waals surface area contributed by atoms with Crippen LogP contribution in [0.2, 0.25) is 0 Å². The van der Waals surface area contributed by atoms with E-state index < -0.39 is 33.5 Å². The molecule has 1 unspecified atom stereocenters. The van der Waals surface area contributed by atoms with Gasteiger partial charge in [-0.15, -0.1) is 0 Å². The number of carbonyl (C=O) groups is 2. The van der Waals surface area contributed by atoms with Gasteiger partial charge in [-0.2, -0.15) is 0 Å². The zero-order valence-corrected chi connectivity index (χ0v) is 19.5. The van der Waals surface area contributed by atoms with E-state index in [9.17, 15) is 18.0 Å². The van der Waals surface area contributed by atoms with E-state index in [1.165, 1.54) is 39.5 Å². The summed E-state index contributed by atoms with van der Waals surface area (Å²) in [6.07, 6.45) is -1.20. The van der Waals surface area contributed by atoms with E-state index in [0.717, 1.165) is 5.56 Å².